The Morgan fingerprint density at radius 2 is 1.38 bits per heavy atom. The van der Waals surface area contributed by atoms with E-state index < -0.39 is 32.0 Å². The molecule has 1 saturated heterocycles. The number of aryl methyl sites for hydroxylation is 1. The molecule has 0 spiro atoms. The summed E-state index contributed by atoms with van der Waals surface area (Å²) in [5.74, 6) is -0.589. The van der Waals surface area contributed by atoms with Crippen molar-refractivity contribution < 1.29 is 21.6 Å². The number of hydrogen-bond acceptors (Lipinski definition) is 5. The van der Waals surface area contributed by atoms with Crippen LogP contribution in [0, 0.1) is 0 Å². The van der Waals surface area contributed by atoms with Gasteiger partial charge in [0.2, 0.25) is 26.0 Å². The van der Waals surface area contributed by atoms with Gasteiger partial charge in [-0.15, -0.1) is 0 Å². The van der Waals surface area contributed by atoms with Crippen LogP contribution < -0.4 is 5.32 Å². The summed E-state index contributed by atoms with van der Waals surface area (Å²) in [6.07, 6.45) is 3.07. The summed E-state index contributed by atoms with van der Waals surface area (Å²) in [4.78, 5) is 13.6. The topological polar surface area (TPSA) is 104 Å². The maximum atomic E-state index is 13.5. The highest BCUT2D eigenvalue weighted by Crippen LogP contribution is 2.26. The van der Waals surface area contributed by atoms with E-state index in [0.717, 1.165) is 29.1 Å². The molecule has 0 radical (unpaired) electrons. The molecule has 10 heteroatoms. The Balaban J connectivity index is 1.63. The molecule has 37 heavy (non-hydrogen) atoms. The van der Waals surface area contributed by atoms with Crippen molar-refractivity contribution in [3.8, 4) is 0 Å². The number of amides is 1. The van der Waals surface area contributed by atoms with E-state index in [9.17, 15) is 21.6 Å². The van der Waals surface area contributed by atoms with Crippen LogP contribution in [-0.2, 0) is 31.3 Å². The molecule has 1 aliphatic heterocycles. The molecule has 1 atom stereocenters. The standard InChI is InChI=1S/C27H31N3O5S2/c1-2-3-10-22-15-17-23(18-16-22)28-27(31)26-21-29(36(32,33)24-11-6-4-7-12-24)19-20-30(26)37(34,35)25-13-8-5-9-14-25/h4-9,11-18,26H,2-3,10,19-21H2,1H3,(H,28,31). The second-order valence-electron chi connectivity index (χ2n) is 8.91. The third-order valence-corrected chi connectivity index (χ3v) is 10.2. The molecular formula is C27H31N3O5S2. The molecule has 1 unspecified atom stereocenters. The van der Waals surface area contributed by atoms with Crippen LogP contribution in [0.1, 0.15) is 25.3 Å². The Hall–Kier alpha value is -3.05. The third kappa shape index (κ3) is 6.10. The zero-order chi connectivity index (χ0) is 26.5. The van der Waals surface area contributed by atoms with Gasteiger partial charge in [-0.3, -0.25) is 4.79 Å². The molecule has 1 aliphatic rings. The molecule has 196 valence electrons. The highest BCUT2D eigenvalue weighted by atomic mass is 32.2. The van der Waals surface area contributed by atoms with Gasteiger partial charge in [-0.2, -0.15) is 8.61 Å². The van der Waals surface area contributed by atoms with Crippen molar-refractivity contribution >= 4 is 31.6 Å². The number of nitrogens with one attached hydrogen (secondary N) is 1. The minimum atomic E-state index is -4.05. The van der Waals surface area contributed by atoms with E-state index in [4.69, 9.17) is 0 Å². The fourth-order valence-electron chi connectivity index (χ4n) is 4.29. The zero-order valence-electron chi connectivity index (χ0n) is 20.7. The average Bonchev–Trinajstić information content (AvgIpc) is 2.93. The number of nitrogens with zero attached hydrogens (tertiary/aromatic N) is 2. The molecule has 3 aromatic carbocycles. The lowest BCUT2D eigenvalue weighted by molar-refractivity contribution is -0.120. The van der Waals surface area contributed by atoms with Crippen molar-refractivity contribution in [1.82, 2.24) is 8.61 Å². The molecule has 0 saturated carbocycles. The van der Waals surface area contributed by atoms with Gasteiger partial charge in [-0.25, -0.2) is 16.8 Å². The van der Waals surface area contributed by atoms with E-state index in [0.29, 0.717) is 5.69 Å². The Morgan fingerprint density at radius 1 is 0.811 bits per heavy atom. The monoisotopic (exact) mass is 541 g/mol. The molecule has 1 amide bonds. The summed E-state index contributed by atoms with van der Waals surface area (Å²) in [6, 6.07) is 21.9. The van der Waals surface area contributed by atoms with E-state index in [2.05, 4.69) is 12.2 Å². The summed E-state index contributed by atoms with van der Waals surface area (Å²) < 4.78 is 55.9. The van der Waals surface area contributed by atoms with Crippen molar-refractivity contribution in [3.63, 3.8) is 0 Å². The van der Waals surface area contributed by atoms with Crippen LogP contribution in [0.5, 0.6) is 0 Å². The number of rotatable bonds is 9. The highest BCUT2D eigenvalue weighted by molar-refractivity contribution is 7.89. The fourth-order valence-corrected chi connectivity index (χ4v) is 7.34. The smallest absolute Gasteiger partial charge is 0.244 e. The quantitative estimate of drug-likeness (QED) is 0.445. The van der Waals surface area contributed by atoms with Crippen LogP contribution in [0.2, 0.25) is 0 Å². The van der Waals surface area contributed by atoms with Gasteiger partial charge in [0, 0.05) is 25.3 Å². The van der Waals surface area contributed by atoms with Gasteiger partial charge in [0.25, 0.3) is 0 Å². The third-order valence-electron chi connectivity index (χ3n) is 6.37. The van der Waals surface area contributed by atoms with Gasteiger partial charge < -0.3 is 5.32 Å². The zero-order valence-corrected chi connectivity index (χ0v) is 22.3. The summed E-state index contributed by atoms with van der Waals surface area (Å²) >= 11 is 0. The van der Waals surface area contributed by atoms with Crippen LogP contribution in [0.25, 0.3) is 0 Å². The van der Waals surface area contributed by atoms with E-state index in [1.807, 2.05) is 12.1 Å². The Bertz CT molecular complexity index is 1410. The molecule has 0 bridgehead atoms. The van der Waals surface area contributed by atoms with Gasteiger partial charge in [-0.05, 0) is 54.8 Å². The molecule has 1 N–H and O–H groups in total. The Labute approximate surface area is 219 Å². The molecule has 0 aliphatic carbocycles. The number of piperazine rings is 1. The van der Waals surface area contributed by atoms with Crippen LogP contribution in [0.4, 0.5) is 5.69 Å². The molecule has 3 aromatic rings. The first-order valence-corrected chi connectivity index (χ1v) is 15.1. The lowest BCUT2D eigenvalue weighted by atomic mass is 10.1. The van der Waals surface area contributed by atoms with Crippen molar-refractivity contribution in [2.24, 2.45) is 0 Å². The number of carbonyl (C=O) groups excluding carboxylic acids is 1. The van der Waals surface area contributed by atoms with Crippen molar-refractivity contribution in [3.05, 3.63) is 90.5 Å². The van der Waals surface area contributed by atoms with E-state index in [1.54, 1.807) is 48.5 Å². The number of hydrogen-bond donors (Lipinski definition) is 1. The predicted octanol–water partition coefficient (Wildman–Crippen LogP) is 3.73. The van der Waals surface area contributed by atoms with Gasteiger partial charge in [0.1, 0.15) is 6.04 Å². The van der Waals surface area contributed by atoms with Gasteiger partial charge in [-0.1, -0.05) is 61.9 Å². The maximum Gasteiger partial charge on any atom is 0.244 e. The SMILES string of the molecule is CCCCc1ccc(NC(=O)C2CN(S(=O)(=O)c3ccccc3)CCN2S(=O)(=O)c2ccccc2)cc1. The molecule has 1 heterocycles. The second-order valence-corrected chi connectivity index (χ2v) is 12.7. The van der Waals surface area contributed by atoms with Crippen molar-refractivity contribution in [2.45, 2.75) is 42.0 Å². The molecule has 8 nitrogen and oxygen atoms in total. The minimum absolute atomic E-state index is 0.0486. The summed E-state index contributed by atoms with van der Waals surface area (Å²) in [6.45, 7) is 1.59. The lowest BCUT2D eigenvalue weighted by Gasteiger charge is -2.38. The van der Waals surface area contributed by atoms with Crippen LogP contribution in [0.15, 0.2) is 94.7 Å². The van der Waals surface area contributed by atoms with Crippen molar-refractivity contribution in [1.29, 1.82) is 0 Å². The molecular weight excluding hydrogens is 510 g/mol. The van der Waals surface area contributed by atoms with Crippen LogP contribution >= 0.6 is 0 Å². The van der Waals surface area contributed by atoms with Gasteiger partial charge >= 0.3 is 0 Å². The first-order valence-electron chi connectivity index (χ1n) is 12.3. The number of anilines is 1. The van der Waals surface area contributed by atoms with E-state index in [-0.39, 0.29) is 29.4 Å². The average molecular weight is 542 g/mol. The van der Waals surface area contributed by atoms with E-state index in [1.165, 1.54) is 28.6 Å². The Kier molecular flexibility index (Phi) is 8.43. The molecule has 4 rings (SSSR count). The first-order chi connectivity index (χ1) is 17.7. The molecule has 0 aromatic heterocycles. The minimum Gasteiger partial charge on any atom is -0.325 e. The summed E-state index contributed by atoms with van der Waals surface area (Å²) in [5.41, 5.74) is 1.66. The maximum absolute atomic E-state index is 13.5. The highest BCUT2D eigenvalue weighted by Gasteiger charge is 2.43. The summed E-state index contributed by atoms with van der Waals surface area (Å²) in [5, 5.41) is 2.79. The first kappa shape index (κ1) is 27.0. The predicted molar refractivity (Wildman–Crippen MR) is 143 cm³/mol. The van der Waals surface area contributed by atoms with Gasteiger partial charge in [0.15, 0.2) is 0 Å². The second kappa shape index (κ2) is 11.6. The lowest BCUT2D eigenvalue weighted by Crippen LogP contribution is -2.60. The summed E-state index contributed by atoms with van der Waals surface area (Å²) in [7, 11) is -7.97. The number of carbonyl (C=O) groups is 1. The number of unbranched alkanes of at least 4 members (excludes halogenated alkanes) is 1. The fraction of sp³-hybridized carbons (Fsp3) is 0.296. The van der Waals surface area contributed by atoms with Crippen LogP contribution in [-0.4, -0.2) is 57.0 Å². The largest absolute Gasteiger partial charge is 0.325 e. The number of sulfonamides is 2. The number of benzene rings is 3. The van der Waals surface area contributed by atoms with Crippen molar-refractivity contribution in [2.75, 3.05) is 25.0 Å². The van der Waals surface area contributed by atoms with Crippen LogP contribution in [0.3, 0.4) is 0 Å². The molecule has 1 fully saturated rings. The normalized spacial score (nSPS) is 17.4. The van der Waals surface area contributed by atoms with E-state index >= 15 is 0 Å². The Morgan fingerprint density at radius 3 is 1.95 bits per heavy atom. The van der Waals surface area contributed by atoms with Gasteiger partial charge in [0.05, 0.1) is 9.79 Å².